The molecule has 0 bridgehead atoms. The van der Waals surface area contributed by atoms with E-state index in [1.54, 1.807) is 11.3 Å². The summed E-state index contributed by atoms with van der Waals surface area (Å²) in [5.74, 6) is 0. The first kappa shape index (κ1) is 14.9. The van der Waals surface area contributed by atoms with Crippen LogP contribution in [0.15, 0.2) is 29.6 Å². The van der Waals surface area contributed by atoms with E-state index >= 15 is 0 Å². The Kier molecular flexibility index (Phi) is 5.28. The minimum atomic E-state index is 0.219. The van der Waals surface area contributed by atoms with Crippen molar-refractivity contribution >= 4 is 34.5 Å². The third kappa shape index (κ3) is 3.51. The maximum atomic E-state index is 6.38. The fourth-order valence-corrected chi connectivity index (χ4v) is 3.69. The van der Waals surface area contributed by atoms with Crippen molar-refractivity contribution in [3.8, 4) is 0 Å². The molecule has 0 saturated carbocycles. The Morgan fingerprint density at radius 3 is 2.58 bits per heavy atom. The SMILES string of the molecule is CCNC(Cc1ccccc1Cl)c1scc(C)c1Cl. The summed E-state index contributed by atoms with van der Waals surface area (Å²) in [6.07, 6.45) is 0.854. The molecule has 0 saturated heterocycles. The van der Waals surface area contributed by atoms with Crippen LogP contribution in [-0.4, -0.2) is 6.54 Å². The van der Waals surface area contributed by atoms with Gasteiger partial charge in [-0.3, -0.25) is 0 Å². The summed E-state index contributed by atoms with van der Waals surface area (Å²) in [7, 11) is 0. The predicted octanol–water partition coefficient (Wildman–Crippen LogP) is 5.26. The number of nitrogens with one attached hydrogen (secondary N) is 1. The summed E-state index contributed by atoms with van der Waals surface area (Å²) in [4.78, 5) is 1.20. The molecule has 0 aliphatic carbocycles. The average molecular weight is 314 g/mol. The zero-order chi connectivity index (χ0) is 13.8. The van der Waals surface area contributed by atoms with E-state index in [2.05, 4.69) is 23.7 Å². The van der Waals surface area contributed by atoms with Crippen LogP contribution in [0.2, 0.25) is 10.0 Å². The molecule has 1 aromatic heterocycles. The maximum absolute atomic E-state index is 6.38. The molecule has 0 amide bonds. The molecule has 0 aliphatic rings. The van der Waals surface area contributed by atoms with Gasteiger partial charge in [-0.25, -0.2) is 0 Å². The molecule has 2 rings (SSSR count). The molecule has 1 nitrogen and oxygen atoms in total. The van der Waals surface area contributed by atoms with Crippen molar-refractivity contribution in [3.05, 3.63) is 55.7 Å². The van der Waals surface area contributed by atoms with Crippen molar-refractivity contribution in [1.29, 1.82) is 0 Å². The number of likely N-dealkylation sites (N-methyl/N-ethyl adjacent to an activating group) is 1. The van der Waals surface area contributed by atoms with Gasteiger partial charge in [0.05, 0.1) is 5.02 Å². The number of thiophene rings is 1. The molecule has 2 aromatic rings. The van der Waals surface area contributed by atoms with E-state index in [-0.39, 0.29) is 6.04 Å². The standard InChI is InChI=1S/C15H17Cl2NS/c1-3-18-13(15-14(17)10(2)9-19-15)8-11-6-4-5-7-12(11)16/h4-7,9,13,18H,3,8H2,1-2H3. The van der Waals surface area contributed by atoms with E-state index in [1.165, 1.54) is 4.88 Å². The molecule has 1 unspecified atom stereocenters. The molecule has 1 aromatic carbocycles. The van der Waals surface area contributed by atoms with Crippen molar-refractivity contribution in [1.82, 2.24) is 5.32 Å². The molecule has 102 valence electrons. The molecular weight excluding hydrogens is 297 g/mol. The van der Waals surface area contributed by atoms with E-state index in [0.29, 0.717) is 0 Å². The van der Waals surface area contributed by atoms with E-state index in [0.717, 1.165) is 34.1 Å². The average Bonchev–Trinajstić information content (AvgIpc) is 2.72. The van der Waals surface area contributed by atoms with Crippen molar-refractivity contribution in [2.45, 2.75) is 26.3 Å². The monoisotopic (exact) mass is 313 g/mol. The van der Waals surface area contributed by atoms with Gasteiger partial charge in [0.15, 0.2) is 0 Å². The van der Waals surface area contributed by atoms with Crippen molar-refractivity contribution in [3.63, 3.8) is 0 Å². The molecule has 1 N–H and O–H groups in total. The molecular formula is C15H17Cl2NS. The largest absolute Gasteiger partial charge is 0.309 e. The molecule has 0 spiro atoms. The number of halogens is 2. The Morgan fingerprint density at radius 1 is 1.26 bits per heavy atom. The van der Waals surface area contributed by atoms with Gasteiger partial charge < -0.3 is 5.32 Å². The first-order valence-corrected chi connectivity index (χ1v) is 7.97. The molecule has 19 heavy (non-hydrogen) atoms. The van der Waals surface area contributed by atoms with Gasteiger partial charge in [0, 0.05) is 15.9 Å². The molecule has 1 heterocycles. The summed E-state index contributed by atoms with van der Waals surface area (Å²) in [5, 5.41) is 7.29. The highest BCUT2D eigenvalue weighted by molar-refractivity contribution is 7.10. The highest BCUT2D eigenvalue weighted by Crippen LogP contribution is 2.34. The highest BCUT2D eigenvalue weighted by Gasteiger charge is 2.18. The summed E-state index contributed by atoms with van der Waals surface area (Å²) >= 11 is 14.3. The maximum Gasteiger partial charge on any atom is 0.0590 e. The van der Waals surface area contributed by atoms with Crippen LogP contribution in [0.4, 0.5) is 0 Å². The van der Waals surface area contributed by atoms with Gasteiger partial charge in [-0.1, -0.05) is 48.3 Å². The van der Waals surface area contributed by atoms with E-state index in [1.807, 2.05) is 25.1 Å². The molecule has 1 atom stereocenters. The van der Waals surface area contributed by atoms with Gasteiger partial charge in [-0.2, -0.15) is 0 Å². The first-order valence-electron chi connectivity index (χ1n) is 6.33. The third-order valence-corrected chi connectivity index (χ3v) is 5.27. The van der Waals surface area contributed by atoms with Crippen LogP contribution >= 0.6 is 34.5 Å². The Hall–Kier alpha value is -0.540. The second-order valence-electron chi connectivity index (χ2n) is 4.50. The minimum absolute atomic E-state index is 0.219. The Morgan fingerprint density at radius 2 is 2.00 bits per heavy atom. The van der Waals surface area contributed by atoms with Crippen LogP contribution < -0.4 is 5.32 Å². The highest BCUT2D eigenvalue weighted by atomic mass is 35.5. The second kappa shape index (κ2) is 6.76. The number of benzene rings is 1. The normalized spacial score (nSPS) is 12.6. The minimum Gasteiger partial charge on any atom is -0.309 e. The van der Waals surface area contributed by atoms with Gasteiger partial charge in [0.2, 0.25) is 0 Å². The fourth-order valence-electron chi connectivity index (χ4n) is 2.07. The fraction of sp³-hybridized carbons (Fsp3) is 0.333. The Balaban J connectivity index is 2.26. The molecule has 0 aliphatic heterocycles. The van der Waals surface area contributed by atoms with Crippen molar-refractivity contribution in [2.24, 2.45) is 0 Å². The van der Waals surface area contributed by atoms with Crippen LogP contribution in [0.3, 0.4) is 0 Å². The lowest BCUT2D eigenvalue weighted by Gasteiger charge is -2.18. The summed E-state index contributed by atoms with van der Waals surface area (Å²) < 4.78 is 0. The molecule has 4 heteroatoms. The van der Waals surface area contributed by atoms with Crippen molar-refractivity contribution < 1.29 is 0 Å². The zero-order valence-corrected chi connectivity index (χ0v) is 13.4. The number of rotatable bonds is 5. The lowest BCUT2D eigenvalue weighted by atomic mass is 10.0. The van der Waals surface area contributed by atoms with E-state index in [4.69, 9.17) is 23.2 Å². The smallest absolute Gasteiger partial charge is 0.0590 e. The zero-order valence-electron chi connectivity index (χ0n) is 11.0. The number of hydrogen-bond donors (Lipinski definition) is 1. The van der Waals surface area contributed by atoms with Gasteiger partial charge in [-0.15, -0.1) is 11.3 Å². The van der Waals surface area contributed by atoms with E-state index in [9.17, 15) is 0 Å². The van der Waals surface area contributed by atoms with Gasteiger partial charge >= 0.3 is 0 Å². The second-order valence-corrected chi connectivity index (χ2v) is 6.20. The third-order valence-electron chi connectivity index (χ3n) is 3.07. The Labute approximate surface area is 128 Å². The molecule has 0 fully saturated rings. The lowest BCUT2D eigenvalue weighted by molar-refractivity contribution is 0.558. The quantitative estimate of drug-likeness (QED) is 0.794. The van der Waals surface area contributed by atoms with Crippen LogP contribution in [-0.2, 0) is 6.42 Å². The summed E-state index contributed by atoms with van der Waals surface area (Å²) in [6, 6.07) is 8.19. The van der Waals surface area contributed by atoms with Crippen LogP contribution in [0.1, 0.15) is 29.0 Å². The van der Waals surface area contributed by atoms with Crippen LogP contribution in [0.25, 0.3) is 0 Å². The number of hydrogen-bond acceptors (Lipinski definition) is 2. The van der Waals surface area contributed by atoms with Gasteiger partial charge in [-0.05, 0) is 42.5 Å². The predicted molar refractivity (Wildman–Crippen MR) is 85.6 cm³/mol. The van der Waals surface area contributed by atoms with Crippen LogP contribution in [0, 0.1) is 6.92 Å². The molecule has 0 radical (unpaired) electrons. The first-order chi connectivity index (χ1) is 9.13. The summed E-state index contributed by atoms with van der Waals surface area (Å²) in [5.41, 5.74) is 2.29. The van der Waals surface area contributed by atoms with Gasteiger partial charge in [0.1, 0.15) is 0 Å². The number of aryl methyl sites for hydroxylation is 1. The van der Waals surface area contributed by atoms with Crippen molar-refractivity contribution in [2.75, 3.05) is 6.54 Å². The topological polar surface area (TPSA) is 12.0 Å². The lowest BCUT2D eigenvalue weighted by Crippen LogP contribution is -2.22. The van der Waals surface area contributed by atoms with Crippen LogP contribution in [0.5, 0.6) is 0 Å². The van der Waals surface area contributed by atoms with Gasteiger partial charge in [0.25, 0.3) is 0 Å². The summed E-state index contributed by atoms with van der Waals surface area (Å²) in [6.45, 7) is 5.05. The van der Waals surface area contributed by atoms with E-state index < -0.39 is 0 Å². The Bertz CT molecular complexity index is 551.